The van der Waals surface area contributed by atoms with Gasteiger partial charge >= 0.3 is 0 Å². The predicted octanol–water partition coefficient (Wildman–Crippen LogP) is 2.33. The van der Waals surface area contributed by atoms with Crippen molar-refractivity contribution in [2.24, 2.45) is 0 Å². The molecule has 1 aliphatic heterocycles. The lowest BCUT2D eigenvalue weighted by atomic mass is 10.1. The SMILES string of the molecule is CN1CCC[C@H]1c1cnc(I)c2[nH]cnc12. The van der Waals surface area contributed by atoms with Crippen LogP contribution in [0.2, 0.25) is 0 Å². The smallest absolute Gasteiger partial charge is 0.126 e. The molecule has 2 aromatic rings. The first-order valence-electron chi connectivity index (χ1n) is 5.45. The Morgan fingerprint density at radius 2 is 2.38 bits per heavy atom. The van der Waals surface area contributed by atoms with Crippen LogP contribution in [-0.2, 0) is 0 Å². The van der Waals surface area contributed by atoms with Gasteiger partial charge in [-0.2, -0.15) is 0 Å². The van der Waals surface area contributed by atoms with Crippen LogP contribution in [0.4, 0.5) is 0 Å². The van der Waals surface area contributed by atoms with Crippen LogP contribution in [0.5, 0.6) is 0 Å². The van der Waals surface area contributed by atoms with Crippen molar-refractivity contribution in [1.82, 2.24) is 19.9 Å². The van der Waals surface area contributed by atoms with Gasteiger partial charge in [-0.25, -0.2) is 9.97 Å². The highest BCUT2D eigenvalue weighted by atomic mass is 127. The summed E-state index contributed by atoms with van der Waals surface area (Å²) in [6.07, 6.45) is 6.21. The van der Waals surface area contributed by atoms with Crippen LogP contribution < -0.4 is 0 Å². The Balaban J connectivity index is 2.16. The maximum Gasteiger partial charge on any atom is 0.126 e. The number of imidazole rings is 1. The third kappa shape index (κ3) is 1.53. The van der Waals surface area contributed by atoms with Crippen LogP contribution in [0.25, 0.3) is 11.0 Å². The number of halogens is 1. The van der Waals surface area contributed by atoms with E-state index in [0.29, 0.717) is 6.04 Å². The molecule has 0 unspecified atom stereocenters. The van der Waals surface area contributed by atoms with Gasteiger partial charge in [0.25, 0.3) is 0 Å². The number of nitrogens with zero attached hydrogens (tertiary/aromatic N) is 3. The lowest BCUT2D eigenvalue weighted by Crippen LogP contribution is -2.18. The van der Waals surface area contributed by atoms with Gasteiger partial charge in [0, 0.05) is 17.8 Å². The summed E-state index contributed by atoms with van der Waals surface area (Å²) in [6.45, 7) is 1.17. The maximum absolute atomic E-state index is 4.45. The number of pyridine rings is 1. The molecule has 16 heavy (non-hydrogen) atoms. The highest BCUT2D eigenvalue weighted by Gasteiger charge is 2.25. The minimum Gasteiger partial charge on any atom is -0.342 e. The number of likely N-dealkylation sites (tertiary alicyclic amines) is 1. The summed E-state index contributed by atoms with van der Waals surface area (Å²) in [4.78, 5) is 14.4. The molecule has 1 aliphatic rings. The number of nitrogens with one attached hydrogen (secondary N) is 1. The summed E-state index contributed by atoms with van der Waals surface area (Å²) < 4.78 is 0.995. The fourth-order valence-electron chi connectivity index (χ4n) is 2.47. The van der Waals surface area contributed by atoms with Crippen molar-refractivity contribution in [3.63, 3.8) is 0 Å². The van der Waals surface area contributed by atoms with Crippen molar-refractivity contribution in [3.8, 4) is 0 Å². The Morgan fingerprint density at radius 1 is 1.50 bits per heavy atom. The number of hydrogen-bond donors (Lipinski definition) is 1. The molecular formula is C11H13IN4. The summed E-state index contributed by atoms with van der Waals surface area (Å²) in [7, 11) is 2.17. The van der Waals surface area contributed by atoms with Crippen LogP contribution in [0, 0.1) is 3.70 Å². The zero-order chi connectivity index (χ0) is 11.1. The van der Waals surface area contributed by atoms with Crippen molar-refractivity contribution >= 4 is 33.6 Å². The van der Waals surface area contributed by atoms with Gasteiger partial charge in [0.05, 0.1) is 17.4 Å². The standard InChI is InChI=1S/C11H13IN4/c1-16-4-2-3-8(16)7-5-13-11(12)10-9(7)14-6-15-10/h5-6,8H,2-4H2,1H3,(H,14,15)/t8-/m0/s1. The number of aromatic amines is 1. The van der Waals surface area contributed by atoms with E-state index >= 15 is 0 Å². The molecule has 3 rings (SSSR count). The maximum atomic E-state index is 4.45. The van der Waals surface area contributed by atoms with Crippen molar-refractivity contribution in [2.45, 2.75) is 18.9 Å². The number of rotatable bonds is 1. The monoisotopic (exact) mass is 328 g/mol. The Labute approximate surface area is 108 Å². The first-order chi connectivity index (χ1) is 7.77. The van der Waals surface area contributed by atoms with Gasteiger partial charge in [-0.15, -0.1) is 0 Å². The fraction of sp³-hybridized carbons (Fsp3) is 0.455. The zero-order valence-electron chi connectivity index (χ0n) is 9.07. The number of H-pyrrole nitrogens is 1. The zero-order valence-corrected chi connectivity index (χ0v) is 11.2. The second-order valence-corrected chi connectivity index (χ2v) is 5.29. The summed E-state index contributed by atoms with van der Waals surface area (Å²) >= 11 is 2.24. The molecule has 0 aliphatic carbocycles. The van der Waals surface area contributed by atoms with E-state index in [9.17, 15) is 0 Å². The molecule has 2 aromatic heterocycles. The molecule has 0 bridgehead atoms. The molecule has 5 heteroatoms. The second kappa shape index (κ2) is 3.96. The van der Waals surface area contributed by atoms with E-state index in [1.807, 2.05) is 6.20 Å². The van der Waals surface area contributed by atoms with Gasteiger partial charge in [0.1, 0.15) is 3.70 Å². The van der Waals surface area contributed by atoms with Crippen LogP contribution in [-0.4, -0.2) is 33.4 Å². The first-order valence-corrected chi connectivity index (χ1v) is 6.53. The van der Waals surface area contributed by atoms with Gasteiger partial charge in [0.2, 0.25) is 0 Å². The molecule has 1 atom stereocenters. The molecule has 0 saturated carbocycles. The Morgan fingerprint density at radius 3 is 3.12 bits per heavy atom. The summed E-state index contributed by atoms with van der Waals surface area (Å²) in [5.74, 6) is 0. The van der Waals surface area contributed by atoms with Crippen molar-refractivity contribution in [2.75, 3.05) is 13.6 Å². The van der Waals surface area contributed by atoms with Gasteiger partial charge in [-0.05, 0) is 49.0 Å². The van der Waals surface area contributed by atoms with E-state index < -0.39 is 0 Å². The van der Waals surface area contributed by atoms with E-state index in [2.05, 4.69) is 49.5 Å². The molecule has 84 valence electrons. The minimum absolute atomic E-state index is 0.482. The van der Waals surface area contributed by atoms with Crippen LogP contribution in [0.15, 0.2) is 12.5 Å². The van der Waals surface area contributed by atoms with E-state index in [0.717, 1.165) is 14.7 Å². The normalized spacial score (nSPS) is 22.0. The largest absolute Gasteiger partial charge is 0.342 e. The summed E-state index contributed by atoms with van der Waals surface area (Å²) in [5.41, 5.74) is 3.41. The molecule has 1 fully saturated rings. The molecule has 0 radical (unpaired) electrons. The van der Waals surface area contributed by atoms with Crippen molar-refractivity contribution in [1.29, 1.82) is 0 Å². The fourth-order valence-corrected chi connectivity index (χ4v) is 3.02. The average Bonchev–Trinajstić information content (AvgIpc) is 2.88. The van der Waals surface area contributed by atoms with Crippen molar-refractivity contribution < 1.29 is 0 Å². The average molecular weight is 328 g/mol. The molecule has 0 spiro atoms. The van der Waals surface area contributed by atoms with Gasteiger partial charge in [-0.3, -0.25) is 4.90 Å². The lowest BCUT2D eigenvalue weighted by Gasteiger charge is -2.19. The van der Waals surface area contributed by atoms with Crippen molar-refractivity contribution in [3.05, 3.63) is 21.8 Å². The minimum atomic E-state index is 0.482. The highest BCUT2D eigenvalue weighted by Crippen LogP contribution is 2.33. The molecule has 1 saturated heterocycles. The summed E-state index contributed by atoms with van der Waals surface area (Å²) in [6, 6.07) is 0.482. The molecule has 3 heterocycles. The molecular weight excluding hydrogens is 315 g/mol. The number of aromatic nitrogens is 3. The molecule has 1 N–H and O–H groups in total. The van der Waals surface area contributed by atoms with E-state index in [4.69, 9.17) is 0 Å². The highest BCUT2D eigenvalue weighted by molar-refractivity contribution is 14.1. The number of hydrogen-bond acceptors (Lipinski definition) is 3. The number of fused-ring (bicyclic) bond motifs is 1. The van der Waals surface area contributed by atoms with E-state index in [-0.39, 0.29) is 0 Å². The van der Waals surface area contributed by atoms with Gasteiger partial charge in [-0.1, -0.05) is 0 Å². The van der Waals surface area contributed by atoms with Crippen LogP contribution >= 0.6 is 22.6 Å². The predicted molar refractivity (Wildman–Crippen MR) is 71.2 cm³/mol. The van der Waals surface area contributed by atoms with Crippen LogP contribution in [0.3, 0.4) is 0 Å². The summed E-state index contributed by atoms with van der Waals surface area (Å²) in [5, 5.41) is 0. The molecule has 4 nitrogen and oxygen atoms in total. The van der Waals surface area contributed by atoms with E-state index in [1.54, 1.807) is 6.33 Å². The topological polar surface area (TPSA) is 44.8 Å². The Hall–Kier alpha value is -0.690. The third-order valence-electron chi connectivity index (χ3n) is 3.32. The Bertz CT molecular complexity index is 522. The first kappa shape index (κ1) is 10.5. The van der Waals surface area contributed by atoms with Gasteiger partial charge in [0.15, 0.2) is 0 Å². The van der Waals surface area contributed by atoms with E-state index in [1.165, 1.54) is 24.9 Å². The Kier molecular flexibility index (Phi) is 2.59. The third-order valence-corrected chi connectivity index (χ3v) is 4.13. The lowest BCUT2D eigenvalue weighted by molar-refractivity contribution is 0.318. The molecule has 0 aromatic carbocycles. The van der Waals surface area contributed by atoms with Crippen LogP contribution in [0.1, 0.15) is 24.4 Å². The quantitative estimate of drug-likeness (QED) is 0.646. The molecule has 0 amide bonds. The van der Waals surface area contributed by atoms with Gasteiger partial charge < -0.3 is 4.98 Å². The second-order valence-electron chi connectivity index (χ2n) is 4.27.